The first-order valence-corrected chi connectivity index (χ1v) is 12.4. The lowest BCUT2D eigenvalue weighted by molar-refractivity contribution is 0.0973. The van der Waals surface area contributed by atoms with Crippen molar-refractivity contribution in [2.24, 2.45) is 4.99 Å². The second kappa shape index (κ2) is 8.52. The predicted octanol–water partition coefficient (Wildman–Crippen LogP) is 3.72. The molecule has 1 aromatic heterocycles. The van der Waals surface area contributed by atoms with Crippen LogP contribution in [0.1, 0.15) is 46.6 Å². The summed E-state index contributed by atoms with van der Waals surface area (Å²) >= 11 is 0. The molecule has 0 unspecified atom stereocenters. The quantitative estimate of drug-likeness (QED) is 0.537. The van der Waals surface area contributed by atoms with E-state index in [-0.39, 0.29) is 11.3 Å². The number of aliphatic imine (C=N–C) groups is 1. The van der Waals surface area contributed by atoms with Crippen molar-refractivity contribution in [3.05, 3.63) is 71.0 Å². The van der Waals surface area contributed by atoms with Gasteiger partial charge in [0.25, 0.3) is 5.91 Å². The van der Waals surface area contributed by atoms with Crippen molar-refractivity contribution in [3.63, 3.8) is 0 Å². The molecule has 0 radical (unpaired) electrons. The normalized spacial score (nSPS) is 18.0. The molecule has 2 aliphatic heterocycles. The lowest BCUT2D eigenvalue weighted by atomic mass is 9.91. The minimum atomic E-state index is -0.142. The Kier molecular flexibility index (Phi) is 5.29. The summed E-state index contributed by atoms with van der Waals surface area (Å²) in [7, 11) is 3.73. The van der Waals surface area contributed by atoms with Gasteiger partial charge in [-0.2, -0.15) is 10.4 Å². The summed E-state index contributed by atoms with van der Waals surface area (Å²) in [6.45, 7) is 2.41. The molecule has 0 spiro atoms. The number of anilines is 1. The Morgan fingerprint density at radius 2 is 1.78 bits per heavy atom. The van der Waals surface area contributed by atoms with Gasteiger partial charge in [0.1, 0.15) is 17.5 Å². The van der Waals surface area contributed by atoms with Gasteiger partial charge in [0, 0.05) is 43.2 Å². The van der Waals surface area contributed by atoms with Crippen LogP contribution >= 0.6 is 0 Å². The first-order valence-electron chi connectivity index (χ1n) is 12.4. The van der Waals surface area contributed by atoms with Crippen LogP contribution in [0.5, 0.6) is 5.75 Å². The van der Waals surface area contributed by atoms with E-state index in [0.29, 0.717) is 35.7 Å². The zero-order valence-electron chi connectivity index (χ0n) is 20.6. The van der Waals surface area contributed by atoms with Crippen LogP contribution in [0.3, 0.4) is 0 Å². The van der Waals surface area contributed by atoms with Crippen LogP contribution in [0.25, 0.3) is 5.69 Å². The fourth-order valence-electron chi connectivity index (χ4n) is 5.39. The number of methoxy groups -OCH3 is 1. The van der Waals surface area contributed by atoms with Gasteiger partial charge in [0.05, 0.1) is 25.2 Å². The van der Waals surface area contributed by atoms with Gasteiger partial charge < -0.3 is 14.5 Å². The van der Waals surface area contributed by atoms with Crippen LogP contribution in [-0.4, -0.2) is 60.2 Å². The molecule has 1 aliphatic carbocycles. The number of nitriles is 1. The Morgan fingerprint density at radius 1 is 1.06 bits per heavy atom. The maximum absolute atomic E-state index is 13.7. The molecule has 3 aromatic rings. The Hall–Kier alpha value is -4.12. The molecule has 1 amide bonds. The summed E-state index contributed by atoms with van der Waals surface area (Å²) < 4.78 is 6.85. The molecular formula is C28H28N6O2. The zero-order chi connectivity index (χ0) is 24.9. The molecule has 0 N–H and O–H groups in total. The Labute approximate surface area is 210 Å². The highest BCUT2D eigenvalue weighted by Crippen LogP contribution is 2.52. The molecule has 3 heterocycles. The summed E-state index contributed by atoms with van der Waals surface area (Å²) in [6.07, 6.45) is 3.90. The Morgan fingerprint density at radius 3 is 2.39 bits per heavy atom. The molecule has 0 atom stereocenters. The number of aromatic nitrogens is 2. The van der Waals surface area contributed by atoms with Gasteiger partial charge in [-0.05, 0) is 61.2 Å². The van der Waals surface area contributed by atoms with Crippen LogP contribution in [0.4, 0.5) is 5.69 Å². The number of nitrogens with zero attached hydrogens (tertiary/aromatic N) is 6. The van der Waals surface area contributed by atoms with Crippen molar-refractivity contribution in [2.75, 3.05) is 38.7 Å². The van der Waals surface area contributed by atoms with E-state index < -0.39 is 0 Å². The smallest absolute Gasteiger partial charge is 0.277 e. The molecule has 36 heavy (non-hydrogen) atoms. The number of benzene rings is 2. The van der Waals surface area contributed by atoms with Gasteiger partial charge in [-0.3, -0.25) is 9.79 Å². The van der Waals surface area contributed by atoms with Gasteiger partial charge >= 0.3 is 0 Å². The molecule has 182 valence electrons. The maximum Gasteiger partial charge on any atom is 0.277 e. The van der Waals surface area contributed by atoms with Crippen molar-refractivity contribution in [1.82, 2.24) is 14.7 Å². The van der Waals surface area contributed by atoms with Crippen molar-refractivity contribution >= 4 is 17.4 Å². The molecule has 8 nitrogen and oxygen atoms in total. The first kappa shape index (κ1) is 22.4. The Bertz CT molecular complexity index is 1390. The lowest BCUT2D eigenvalue weighted by Crippen LogP contribution is -2.38. The monoisotopic (exact) mass is 480 g/mol. The molecule has 0 bridgehead atoms. The number of likely N-dealkylation sites (N-methyl/N-ethyl adjacent to an activating group) is 1. The standard InChI is InChI=1S/C28H28N6O2/c1-32-16-14-30-25(32)17-28(12-13-28)19-3-5-20(6-4-19)33-15-11-23-24(18-29)31-34(26(23)27(33)35)21-7-9-22(36-2)10-8-21/h3-10H,11-17H2,1-2H3. The minimum Gasteiger partial charge on any atom is -0.497 e. The summed E-state index contributed by atoms with van der Waals surface area (Å²) in [5.41, 5.74) is 4.53. The second-order valence-corrected chi connectivity index (χ2v) is 9.83. The van der Waals surface area contributed by atoms with Gasteiger partial charge in [0.2, 0.25) is 0 Å². The third kappa shape index (κ3) is 3.63. The number of amides is 1. The van der Waals surface area contributed by atoms with E-state index in [1.54, 1.807) is 16.7 Å². The van der Waals surface area contributed by atoms with Gasteiger partial charge in [-0.1, -0.05) is 12.1 Å². The molecular weight excluding hydrogens is 452 g/mol. The predicted molar refractivity (Wildman–Crippen MR) is 137 cm³/mol. The topological polar surface area (TPSA) is 86.7 Å². The fourth-order valence-corrected chi connectivity index (χ4v) is 5.39. The van der Waals surface area contributed by atoms with E-state index in [1.807, 2.05) is 24.3 Å². The number of amidine groups is 1. The highest BCUT2D eigenvalue weighted by molar-refractivity contribution is 6.07. The highest BCUT2D eigenvalue weighted by atomic mass is 16.5. The molecule has 1 saturated carbocycles. The van der Waals surface area contributed by atoms with Gasteiger partial charge in [-0.15, -0.1) is 0 Å². The van der Waals surface area contributed by atoms with Crippen molar-refractivity contribution in [3.8, 4) is 17.5 Å². The average molecular weight is 481 g/mol. The number of ether oxygens (including phenoxy) is 1. The number of hydrogen-bond donors (Lipinski definition) is 0. The molecule has 2 aromatic carbocycles. The fraction of sp³-hybridized carbons (Fsp3) is 0.357. The van der Waals surface area contributed by atoms with Crippen LogP contribution in [0.15, 0.2) is 53.5 Å². The number of hydrogen-bond acceptors (Lipinski definition) is 6. The van der Waals surface area contributed by atoms with E-state index in [1.165, 1.54) is 24.2 Å². The van der Waals surface area contributed by atoms with E-state index in [4.69, 9.17) is 9.73 Å². The average Bonchev–Trinajstić information content (AvgIpc) is 3.43. The summed E-state index contributed by atoms with van der Waals surface area (Å²) in [6, 6.07) is 17.9. The van der Waals surface area contributed by atoms with Gasteiger partial charge in [0.15, 0.2) is 5.69 Å². The molecule has 0 saturated heterocycles. The number of carbonyl (C=O) groups excluding carboxylic acids is 1. The molecule has 1 fully saturated rings. The number of rotatable bonds is 6. The van der Waals surface area contributed by atoms with Crippen LogP contribution in [0.2, 0.25) is 0 Å². The van der Waals surface area contributed by atoms with Gasteiger partial charge in [-0.25, -0.2) is 4.68 Å². The van der Waals surface area contributed by atoms with Crippen molar-refractivity contribution < 1.29 is 9.53 Å². The SMILES string of the molecule is COc1ccc(-n2nc(C#N)c3c2C(=O)N(c2ccc(C4(CC5=NCCN5C)CC4)cc2)CC3)cc1. The first-order chi connectivity index (χ1) is 17.5. The van der Waals surface area contributed by atoms with E-state index in [0.717, 1.165) is 30.9 Å². The van der Waals surface area contributed by atoms with E-state index >= 15 is 0 Å². The van der Waals surface area contributed by atoms with Crippen LogP contribution in [-0.2, 0) is 11.8 Å². The number of carbonyl (C=O) groups is 1. The third-order valence-electron chi connectivity index (χ3n) is 7.75. The summed E-state index contributed by atoms with van der Waals surface area (Å²) in [5.74, 6) is 1.78. The maximum atomic E-state index is 13.7. The molecule has 8 heteroatoms. The molecule has 3 aliphatic rings. The zero-order valence-corrected chi connectivity index (χ0v) is 20.6. The second-order valence-electron chi connectivity index (χ2n) is 9.83. The van der Waals surface area contributed by atoms with E-state index in [2.05, 4.69) is 47.4 Å². The Balaban J connectivity index is 1.28. The summed E-state index contributed by atoms with van der Waals surface area (Å²) in [5, 5.41) is 14.1. The number of fused-ring (bicyclic) bond motifs is 1. The summed E-state index contributed by atoms with van der Waals surface area (Å²) in [4.78, 5) is 22.5. The third-order valence-corrected chi connectivity index (χ3v) is 7.75. The van der Waals surface area contributed by atoms with Crippen LogP contribution in [0, 0.1) is 11.3 Å². The van der Waals surface area contributed by atoms with Crippen molar-refractivity contribution in [1.29, 1.82) is 5.26 Å². The highest BCUT2D eigenvalue weighted by Gasteiger charge is 2.46. The minimum absolute atomic E-state index is 0.142. The molecule has 6 rings (SSSR count). The lowest BCUT2D eigenvalue weighted by Gasteiger charge is -2.28. The van der Waals surface area contributed by atoms with Crippen LogP contribution < -0.4 is 9.64 Å². The van der Waals surface area contributed by atoms with Crippen molar-refractivity contribution in [2.45, 2.75) is 31.1 Å². The largest absolute Gasteiger partial charge is 0.497 e. The van der Waals surface area contributed by atoms with E-state index in [9.17, 15) is 10.1 Å².